The molecule has 166 valence electrons. The third kappa shape index (κ3) is 5.22. The van der Waals surface area contributed by atoms with Crippen molar-refractivity contribution in [1.29, 1.82) is 0 Å². The summed E-state index contributed by atoms with van der Waals surface area (Å²) < 4.78 is 34.4. The minimum atomic E-state index is -3.53. The van der Waals surface area contributed by atoms with Gasteiger partial charge in [-0.3, -0.25) is 9.52 Å². The monoisotopic (exact) mass is 507 g/mol. The highest BCUT2D eigenvalue weighted by atomic mass is 79.9. The summed E-state index contributed by atoms with van der Waals surface area (Å²) >= 11 is 3.53. The molecule has 3 aromatic rings. The van der Waals surface area contributed by atoms with Crippen LogP contribution in [0, 0.1) is 5.92 Å². The Balaban J connectivity index is 2.07. The van der Waals surface area contributed by atoms with Crippen molar-refractivity contribution in [3.05, 3.63) is 52.1 Å². The lowest BCUT2D eigenvalue weighted by Crippen LogP contribution is -2.17. The van der Waals surface area contributed by atoms with E-state index in [0.717, 1.165) is 27.2 Å². The molecule has 0 aliphatic heterocycles. The highest BCUT2D eigenvalue weighted by Gasteiger charge is 2.20. The average Bonchev–Trinajstić information content (AvgIpc) is 2.98. The van der Waals surface area contributed by atoms with E-state index in [0.29, 0.717) is 29.4 Å². The van der Waals surface area contributed by atoms with Gasteiger partial charge in [0, 0.05) is 16.9 Å². The predicted molar refractivity (Wildman–Crippen MR) is 129 cm³/mol. The number of amides is 1. The van der Waals surface area contributed by atoms with Crippen molar-refractivity contribution >= 4 is 54.1 Å². The fraction of sp³-hybridized carbons (Fsp3) is 0.318. The number of fused-ring (bicyclic) bond motifs is 1. The molecular formula is C22H26BrN3O4S. The first kappa shape index (κ1) is 23.1. The van der Waals surface area contributed by atoms with E-state index in [9.17, 15) is 13.2 Å². The normalized spacial score (nSPS) is 11.7. The van der Waals surface area contributed by atoms with E-state index in [1.807, 2.05) is 41.9 Å². The maximum atomic E-state index is 13.2. The van der Waals surface area contributed by atoms with Gasteiger partial charge < -0.3 is 14.6 Å². The van der Waals surface area contributed by atoms with Gasteiger partial charge in [-0.2, -0.15) is 0 Å². The van der Waals surface area contributed by atoms with E-state index in [-0.39, 0.29) is 11.7 Å². The maximum Gasteiger partial charge on any atom is 0.272 e. The number of carbonyl (C=O) groups is 1. The Kier molecular flexibility index (Phi) is 6.66. The summed E-state index contributed by atoms with van der Waals surface area (Å²) in [5.41, 5.74) is 2.96. The van der Waals surface area contributed by atoms with Crippen molar-refractivity contribution in [2.75, 3.05) is 23.4 Å². The molecule has 0 saturated heterocycles. The van der Waals surface area contributed by atoms with Crippen LogP contribution in [0.2, 0.25) is 0 Å². The number of nitrogens with zero attached hydrogens (tertiary/aromatic N) is 1. The molecule has 0 spiro atoms. The van der Waals surface area contributed by atoms with Gasteiger partial charge in [0.1, 0.15) is 5.69 Å². The van der Waals surface area contributed by atoms with Crippen LogP contribution in [0.4, 0.5) is 11.4 Å². The van der Waals surface area contributed by atoms with Gasteiger partial charge in [0.25, 0.3) is 5.91 Å². The molecule has 1 heterocycles. The molecule has 9 heteroatoms. The Labute approximate surface area is 191 Å². The van der Waals surface area contributed by atoms with E-state index in [1.165, 1.54) is 7.11 Å². The number of rotatable bonds is 7. The van der Waals surface area contributed by atoms with Gasteiger partial charge in [0.05, 0.1) is 30.3 Å². The first-order chi connectivity index (χ1) is 14.5. The number of ether oxygens (including phenoxy) is 1. The topological polar surface area (TPSA) is 89.4 Å². The number of methoxy groups -OCH3 is 1. The Morgan fingerprint density at radius 3 is 2.45 bits per heavy atom. The minimum Gasteiger partial charge on any atom is -0.492 e. The van der Waals surface area contributed by atoms with Crippen molar-refractivity contribution in [1.82, 2.24) is 4.57 Å². The largest absolute Gasteiger partial charge is 0.492 e. The van der Waals surface area contributed by atoms with Crippen LogP contribution in [0.5, 0.6) is 5.75 Å². The Morgan fingerprint density at radius 2 is 1.87 bits per heavy atom. The number of sulfonamides is 1. The second kappa shape index (κ2) is 8.92. The average molecular weight is 508 g/mol. The van der Waals surface area contributed by atoms with Crippen LogP contribution < -0.4 is 14.8 Å². The molecule has 1 amide bonds. The van der Waals surface area contributed by atoms with Crippen LogP contribution in [-0.2, 0) is 23.5 Å². The summed E-state index contributed by atoms with van der Waals surface area (Å²) in [4.78, 5) is 13.2. The van der Waals surface area contributed by atoms with E-state index in [2.05, 4.69) is 39.8 Å². The molecule has 3 rings (SSSR count). The van der Waals surface area contributed by atoms with Crippen LogP contribution >= 0.6 is 15.9 Å². The van der Waals surface area contributed by atoms with Gasteiger partial charge >= 0.3 is 0 Å². The Bertz CT molecular complexity index is 1250. The van der Waals surface area contributed by atoms with E-state index in [4.69, 9.17) is 4.74 Å². The third-order valence-electron chi connectivity index (χ3n) is 4.78. The lowest BCUT2D eigenvalue weighted by Gasteiger charge is -2.18. The highest BCUT2D eigenvalue weighted by Crippen LogP contribution is 2.37. The standard InChI is InChI=1S/C22H26BrN3O4S/c1-13(2)9-14-10-17(21(30-4)18(11-14)25-31(5,28)29)24-22(27)19-12-15-7-6-8-16(23)20(15)26(19)3/h6-8,10-13,25H,9H2,1-5H3,(H,24,27). The van der Waals surface area contributed by atoms with Crippen molar-refractivity contribution in [3.8, 4) is 5.75 Å². The number of para-hydroxylation sites is 1. The summed E-state index contributed by atoms with van der Waals surface area (Å²) in [7, 11) is -0.270. The number of benzene rings is 2. The molecule has 2 aromatic carbocycles. The third-order valence-corrected chi connectivity index (χ3v) is 6.01. The molecule has 2 N–H and O–H groups in total. The molecular weight excluding hydrogens is 482 g/mol. The molecule has 0 atom stereocenters. The minimum absolute atomic E-state index is 0.256. The number of hydrogen-bond acceptors (Lipinski definition) is 4. The van der Waals surface area contributed by atoms with Gasteiger partial charge in [-0.05, 0) is 58.1 Å². The number of aryl methyl sites for hydroxylation is 1. The second-order valence-corrected chi connectivity index (χ2v) is 10.5. The van der Waals surface area contributed by atoms with Gasteiger partial charge in [-0.1, -0.05) is 26.0 Å². The van der Waals surface area contributed by atoms with Gasteiger partial charge in [-0.25, -0.2) is 8.42 Å². The van der Waals surface area contributed by atoms with Crippen molar-refractivity contribution < 1.29 is 17.9 Å². The van der Waals surface area contributed by atoms with Crippen LogP contribution in [0.3, 0.4) is 0 Å². The summed E-state index contributed by atoms with van der Waals surface area (Å²) in [6, 6.07) is 11.2. The zero-order chi connectivity index (χ0) is 22.9. The van der Waals surface area contributed by atoms with Crippen LogP contribution in [0.15, 0.2) is 40.9 Å². The van der Waals surface area contributed by atoms with Crippen LogP contribution in [-0.4, -0.2) is 32.3 Å². The Morgan fingerprint density at radius 1 is 1.19 bits per heavy atom. The number of aromatic nitrogens is 1. The van der Waals surface area contributed by atoms with Crippen LogP contribution in [0.1, 0.15) is 29.9 Å². The smallest absolute Gasteiger partial charge is 0.272 e. The van der Waals surface area contributed by atoms with E-state index < -0.39 is 10.0 Å². The summed E-state index contributed by atoms with van der Waals surface area (Å²) in [5, 5.41) is 3.84. The SMILES string of the molecule is COc1c(NC(=O)c2cc3cccc(Br)c3n2C)cc(CC(C)C)cc1NS(C)(=O)=O. The highest BCUT2D eigenvalue weighted by molar-refractivity contribution is 9.10. The molecule has 7 nitrogen and oxygen atoms in total. The van der Waals surface area contributed by atoms with E-state index in [1.54, 1.807) is 6.07 Å². The van der Waals surface area contributed by atoms with Gasteiger partial charge in [0.2, 0.25) is 10.0 Å². The predicted octanol–water partition coefficient (Wildman–Crippen LogP) is 4.77. The van der Waals surface area contributed by atoms with E-state index >= 15 is 0 Å². The molecule has 31 heavy (non-hydrogen) atoms. The lowest BCUT2D eigenvalue weighted by atomic mass is 10.0. The molecule has 1 aromatic heterocycles. The molecule has 0 radical (unpaired) electrons. The summed E-state index contributed by atoms with van der Waals surface area (Å²) in [6.45, 7) is 4.14. The summed E-state index contributed by atoms with van der Waals surface area (Å²) in [6.07, 6.45) is 1.79. The number of halogens is 1. The Hall–Kier alpha value is -2.52. The molecule has 0 saturated carbocycles. The zero-order valence-electron chi connectivity index (χ0n) is 18.1. The lowest BCUT2D eigenvalue weighted by molar-refractivity contribution is 0.101. The molecule has 0 bridgehead atoms. The number of nitrogens with one attached hydrogen (secondary N) is 2. The maximum absolute atomic E-state index is 13.2. The van der Waals surface area contributed by atoms with Crippen molar-refractivity contribution in [2.45, 2.75) is 20.3 Å². The first-order valence-electron chi connectivity index (χ1n) is 9.74. The molecule has 0 aliphatic rings. The second-order valence-electron chi connectivity index (χ2n) is 7.92. The number of hydrogen-bond donors (Lipinski definition) is 2. The molecule has 0 unspecified atom stereocenters. The van der Waals surface area contributed by atoms with Gasteiger partial charge in [-0.15, -0.1) is 0 Å². The fourth-order valence-corrected chi connectivity index (χ4v) is 4.84. The zero-order valence-corrected chi connectivity index (χ0v) is 20.5. The van der Waals surface area contributed by atoms with Crippen LogP contribution in [0.25, 0.3) is 10.9 Å². The number of carbonyl (C=O) groups excluding carboxylic acids is 1. The molecule has 0 aliphatic carbocycles. The number of anilines is 2. The fourth-order valence-electron chi connectivity index (χ4n) is 3.64. The summed E-state index contributed by atoms with van der Waals surface area (Å²) in [5.74, 6) is 0.278. The first-order valence-corrected chi connectivity index (χ1v) is 12.4. The van der Waals surface area contributed by atoms with Gasteiger partial charge in [0.15, 0.2) is 5.75 Å². The van der Waals surface area contributed by atoms with Crippen molar-refractivity contribution in [3.63, 3.8) is 0 Å². The van der Waals surface area contributed by atoms with Crippen molar-refractivity contribution in [2.24, 2.45) is 13.0 Å². The molecule has 0 fully saturated rings. The quantitative estimate of drug-likeness (QED) is 0.481.